The molecule has 1 aromatic carbocycles. The van der Waals surface area contributed by atoms with Crippen molar-refractivity contribution in [2.24, 2.45) is 0 Å². The highest BCUT2D eigenvalue weighted by Gasteiger charge is 1.90. The van der Waals surface area contributed by atoms with Gasteiger partial charge in [0.25, 0.3) is 0 Å². The maximum atomic E-state index is 10.3. The molecule has 0 spiro atoms. The molecule has 0 unspecified atom stereocenters. The van der Waals surface area contributed by atoms with Gasteiger partial charge in [-0.2, -0.15) is 0 Å². The molecule has 0 aliphatic carbocycles. The third kappa shape index (κ3) is 2.51. The lowest BCUT2D eigenvalue weighted by Gasteiger charge is -1.94. The molecule has 0 bridgehead atoms. The number of benzene rings is 1. The monoisotopic (exact) mass is 180 g/mol. The number of hydrogen-bond acceptors (Lipinski definition) is 1. The summed E-state index contributed by atoms with van der Waals surface area (Å²) in [6.07, 6.45) is 2.61. The van der Waals surface area contributed by atoms with Gasteiger partial charge < -0.3 is 0 Å². The predicted octanol–water partition coefficient (Wildman–Crippen LogP) is 2.94. The fourth-order valence-electron chi connectivity index (χ4n) is 0.893. The predicted molar refractivity (Wildman–Crippen MR) is 51.2 cm³/mol. The van der Waals surface area contributed by atoms with Crippen LogP contribution in [-0.2, 0) is 4.79 Å². The molecule has 12 heavy (non-hydrogen) atoms. The van der Waals surface area contributed by atoms with Crippen LogP contribution in [0.1, 0.15) is 12.5 Å². The van der Waals surface area contributed by atoms with E-state index in [1.54, 1.807) is 19.1 Å². The Morgan fingerprint density at radius 1 is 1.50 bits per heavy atom. The molecule has 0 aliphatic rings. The summed E-state index contributed by atoms with van der Waals surface area (Å²) in [5, 5.41) is 0.683. The lowest BCUT2D eigenvalue weighted by molar-refractivity contribution is -0.104. The number of hydrogen-bond donors (Lipinski definition) is 0. The average molecular weight is 181 g/mol. The molecule has 0 fully saturated rings. The van der Waals surface area contributed by atoms with Gasteiger partial charge >= 0.3 is 0 Å². The second-order valence-corrected chi connectivity index (χ2v) is 3.00. The highest BCUT2D eigenvalue weighted by molar-refractivity contribution is 6.30. The van der Waals surface area contributed by atoms with Gasteiger partial charge in [0, 0.05) is 5.02 Å². The molecular weight excluding hydrogens is 172 g/mol. The Balaban J connectivity index is 2.97. The van der Waals surface area contributed by atoms with E-state index in [9.17, 15) is 4.79 Å². The van der Waals surface area contributed by atoms with Crippen LogP contribution in [0.15, 0.2) is 29.8 Å². The highest BCUT2D eigenvalue weighted by atomic mass is 35.5. The molecule has 0 atom stereocenters. The minimum Gasteiger partial charge on any atom is -0.298 e. The van der Waals surface area contributed by atoms with Crippen LogP contribution in [0.5, 0.6) is 0 Å². The van der Waals surface area contributed by atoms with Crippen molar-refractivity contribution in [3.8, 4) is 0 Å². The number of rotatable bonds is 2. The molecule has 0 heterocycles. The first-order chi connectivity index (χ1) is 5.72. The molecule has 0 aromatic heterocycles. The summed E-state index contributed by atoms with van der Waals surface area (Å²) in [6.45, 7) is 1.76. The van der Waals surface area contributed by atoms with E-state index in [0.29, 0.717) is 10.6 Å². The van der Waals surface area contributed by atoms with Gasteiger partial charge in [-0.05, 0) is 36.3 Å². The van der Waals surface area contributed by atoms with Crippen LogP contribution >= 0.6 is 11.6 Å². The van der Waals surface area contributed by atoms with Gasteiger partial charge in [0.05, 0.1) is 0 Å². The number of carbonyl (C=O) groups excluding carboxylic acids is 1. The number of allylic oxidation sites excluding steroid dienone is 1. The van der Waals surface area contributed by atoms with E-state index in [1.165, 1.54) is 0 Å². The van der Waals surface area contributed by atoms with Crippen molar-refractivity contribution in [1.29, 1.82) is 0 Å². The SMILES string of the molecule is C/C(C=O)=C\c1cccc(Cl)c1. The van der Waals surface area contributed by atoms with Gasteiger partial charge in [-0.25, -0.2) is 0 Å². The maximum absolute atomic E-state index is 10.3. The molecule has 0 saturated heterocycles. The summed E-state index contributed by atoms with van der Waals surface area (Å²) < 4.78 is 0. The van der Waals surface area contributed by atoms with Crippen molar-refractivity contribution in [3.05, 3.63) is 40.4 Å². The average Bonchev–Trinajstić information content (AvgIpc) is 2.04. The van der Waals surface area contributed by atoms with Crippen LogP contribution in [0.25, 0.3) is 6.08 Å². The Morgan fingerprint density at radius 3 is 2.83 bits per heavy atom. The Morgan fingerprint density at radius 2 is 2.25 bits per heavy atom. The summed E-state index contributed by atoms with van der Waals surface area (Å²) in [5.74, 6) is 0. The first-order valence-electron chi connectivity index (χ1n) is 3.61. The second-order valence-electron chi connectivity index (χ2n) is 2.56. The van der Waals surface area contributed by atoms with Crippen LogP contribution in [-0.4, -0.2) is 6.29 Å². The van der Waals surface area contributed by atoms with Crippen molar-refractivity contribution >= 4 is 24.0 Å². The van der Waals surface area contributed by atoms with Gasteiger partial charge in [-0.1, -0.05) is 23.7 Å². The minimum atomic E-state index is 0.683. The quantitative estimate of drug-likeness (QED) is 0.505. The van der Waals surface area contributed by atoms with E-state index in [4.69, 9.17) is 11.6 Å². The normalized spacial score (nSPS) is 11.3. The van der Waals surface area contributed by atoms with E-state index in [-0.39, 0.29) is 0 Å². The summed E-state index contributed by atoms with van der Waals surface area (Å²) in [5.41, 5.74) is 1.64. The van der Waals surface area contributed by atoms with Crippen molar-refractivity contribution < 1.29 is 4.79 Å². The highest BCUT2D eigenvalue weighted by Crippen LogP contribution is 2.12. The van der Waals surface area contributed by atoms with Crippen molar-refractivity contribution in [1.82, 2.24) is 0 Å². The van der Waals surface area contributed by atoms with Gasteiger partial charge in [0.2, 0.25) is 0 Å². The van der Waals surface area contributed by atoms with Gasteiger partial charge in [-0.3, -0.25) is 4.79 Å². The molecule has 1 aromatic rings. The third-order valence-corrected chi connectivity index (χ3v) is 1.66. The molecule has 0 N–H and O–H groups in total. The zero-order valence-corrected chi connectivity index (χ0v) is 7.51. The summed E-state index contributed by atoms with van der Waals surface area (Å²) >= 11 is 5.75. The zero-order valence-electron chi connectivity index (χ0n) is 6.75. The van der Waals surface area contributed by atoms with E-state index in [1.807, 2.05) is 18.2 Å². The molecule has 2 heteroatoms. The Kier molecular flexibility index (Phi) is 3.06. The minimum absolute atomic E-state index is 0.683. The van der Waals surface area contributed by atoms with Gasteiger partial charge in [-0.15, -0.1) is 0 Å². The molecule has 1 rings (SSSR count). The number of carbonyl (C=O) groups is 1. The topological polar surface area (TPSA) is 17.1 Å². The van der Waals surface area contributed by atoms with Crippen molar-refractivity contribution in [2.45, 2.75) is 6.92 Å². The van der Waals surface area contributed by atoms with E-state index >= 15 is 0 Å². The molecular formula is C10H9ClO. The smallest absolute Gasteiger partial charge is 0.145 e. The molecule has 0 amide bonds. The number of halogens is 1. The Hall–Kier alpha value is -1.08. The largest absolute Gasteiger partial charge is 0.298 e. The second kappa shape index (κ2) is 4.07. The van der Waals surface area contributed by atoms with Crippen LogP contribution in [0.3, 0.4) is 0 Å². The van der Waals surface area contributed by atoms with Crippen LogP contribution in [0, 0.1) is 0 Å². The fraction of sp³-hybridized carbons (Fsp3) is 0.100. The molecule has 1 nitrogen and oxygen atoms in total. The standard InChI is InChI=1S/C10H9ClO/c1-8(7-12)5-9-3-2-4-10(11)6-9/h2-7H,1H3/b8-5+. The molecule has 0 saturated carbocycles. The summed E-state index contributed by atoms with van der Waals surface area (Å²) in [7, 11) is 0. The first-order valence-corrected chi connectivity index (χ1v) is 3.99. The van der Waals surface area contributed by atoms with E-state index in [0.717, 1.165) is 11.8 Å². The van der Waals surface area contributed by atoms with Crippen LogP contribution in [0.2, 0.25) is 5.02 Å². The zero-order chi connectivity index (χ0) is 8.97. The third-order valence-electron chi connectivity index (χ3n) is 1.43. The molecule has 62 valence electrons. The summed E-state index contributed by atoms with van der Waals surface area (Å²) in [4.78, 5) is 10.3. The Labute approximate surface area is 76.7 Å². The first kappa shape index (κ1) is 9.01. The van der Waals surface area contributed by atoms with Gasteiger partial charge in [0.15, 0.2) is 0 Å². The maximum Gasteiger partial charge on any atom is 0.145 e. The van der Waals surface area contributed by atoms with Gasteiger partial charge in [0.1, 0.15) is 6.29 Å². The summed E-state index contributed by atoms with van der Waals surface area (Å²) in [6, 6.07) is 7.37. The van der Waals surface area contributed by atoms with Crippen LogP contribution in [0.4, 0.5) is 0 Å². The lowest BCUT2D eigenvalue weighted by atomic mass is 10.1. The molecule has 0 aliphatic heterocycles. The van der Waals surface area contributed by atoms with Crippen molar-refractivity contribution in [2.75, 3.05) is 0 Å². The van der Waals surface area contributed by atoms with E-state index < -0.39 is 0 Å². The Bertz CT molecular complexity index is 315. The molecule has 0 radical (unpaired) electrons. The number of aldehydes is 1. The lowest BCUT2D eigenvalue weighted by Crippen LogP contribution is -1.77. The van der Waals surface area contributed by atoms with Crippen molar-refractivity contribution in [3.63, 3.8) is 0 Å². The van der Waals surface area contributed by atoms with E-state index in [2.05, 4.69) is 0 Å². The van der Waals surface area contributed by atoms with Crippen LogP contribution < -0.4 is 0 Å². The fourth-order valence-corrected chi connectivity index (χ4v) is 1.09.